The molecule has 6 atom stereocenters. The van der Waals surface area contributed by atoms with Gasteiger partial charge in [0.05, 0.1) is 34.1 Å². The Morgan fingerprint density at radius 2 is 1.86 bits per heavy atom. The summed E-state index contributed by atoms with van der Waals surface area (Å²) < 4.78 is 84.7. The molecule has 4 unspecified atom stereocenters. The Kier molecular flexibility index (Phi) is 7.59. The number of aliphatic hydroxyl groups excluding tert-OH is 2. The molecule has 2 saturated heterocycles. The number of benzene rings is 1. The molecule has 0 spiro atoms. The molecule has 4 aromatic rings. The van der Waals surface area contributed by atoms with Crippen molar-refractivity contribution < 1.29 is 41.6 Å². The fourth-order valence-electron chi connectivity index (χ4n) is 5.36. The van der Waals surface area contributed by atoms with Gasteiger partial charge in [-0.05, 0) is 19.1 Å². The predicted octanol–water partition coefficient (Wildman–Crippen LogP) is 4.11. The highest BCUT2D eigenvalue weighted by Crippen LogP contribution is 2.44. The number of hydrogen-bond donors (Lipinski definition) is 2. The quantitative estimate of drug-likeness (QED) is 0.245. The Balaban J connectivity index is 1.45. The van der Waals surface area contributed by atoms with E-state index in [4.69, 9.17) is 32.7 Å². The topological polar surface area (TPSA) is 144 Å². The van der Waals surface area contributed by atoms with Crippen LogP contribution in [0.1, 0.15) is 35.1 Å². The van der Waals surface area contributed by atoms with Crippen LogP contribution < -0.4 is 0 Å². The van der Waals surface area contributed by atoms with Gasteiger partial charge in [-0.3, -0.25) is 4.68 Å². The van der Waals surface area contributed by atoms with Crippen LogP contribution in [0.25, 0.3) is 16.8 Å². The number of rotatable bonds is 4. The van der Waals surface area contributed by atoms with Gasteiger partial charge in [0.2, 0.25) is 0 Å². The van der Waals surface area contributed by atoms with Crippen molar-refractivity contribution in [3.8, 4) is 22.9 Å². The van der Waals surface area contributed by atoms with Gasteiger partial charge < -0.3 is 19.7 Å². The standard InChI is InChI=1S/C26H18Cl2F5N7O4/c1-9-37-25(40(38-9)14-3-12(27)6-35-24(14)26(31,32)33)23-20(42)19(22-21(44-23)15(41)8-43-22)39-7-11(5-36-39)13-2-10(4-34)16(28)18(30)17(13)29/h2-3,5-7,15,19-23,41-42H,8H2,1H3/t15?,19?,20?,21?,22-,23-/m1/s1. The molecule has 1 aromatic carbocycles. The first kappa shape index (κ1) is 30.3. The highest BCUT2D eigenvalue weighted by molar-refractivity contribution is 6.32. The lowest BCUT2D eigenvalue weighted by atomic mass is 9.91. The van der Waals surface area contributed by atoms with Gasteiger partial charge in [-0.25, -0.2) is 23.4 Å². The fourth-order valence-corrected chi connectivity index (χ4v) is 5.69. The van der Waals surface area contributed by atoms with Crippen LogP contribution >= 0.6 is 23.2 Å². The second kappa shape index (κ2) is 11.0. The molecule has 230 valence electrons. The van der Waals surface area contributed by atoms with E-state index in [9.17, 15) is 37.4 Å². The SMILES string of the molecule is Cc1nc([C@@H]2OC3C(O)CO[C@@H]3C(n3cc(-c4cc(C#N)c(Cl)c(F)c4F)cn3)C2O)n(-c2cc(Cl)cnc2C(F)(F)F)n1. The average molecular weight is 658 g/mol. The van der Waals surface area contributed by atoms with E-state index in [1.807, 2.05) is 0 Å². The molecular formula is C26H18Cl2F5N7O4. The molecule has 0 radical (unpaired) electrons. The minimum Gasteiger partial charge on any atom is -0.388 e. The number of nitrogens with zero attached hydrogens (tertiary/aromatic N) is 7. The van der Waals surface area contributed by atoms with Crippen molar-refractivity contribution >= 4 is 23.2 Å². The monoisotopic (exact) mass is 657 g/mol. The second-order valence-electron chi connectivity index (χ2n) is 10.1. The number of aryl methyl sites for hydroxylation is 1. The van der Waals surface area contributed by atoms with Gasteiger partial charge in [0.15, 0.2) is 23.2 Å². The molecule has 2 aliphatic rings. The summed E-state index contributed by atoms with van der Waals surface area (Å²) in [6.45, 7) is 1.19. The molecule has 2 aliphatic heterocycles. The molecule has 18 heteroatoms. The number of aromatic nitrogens is 6. The number of halogens is 7. The lowest BCUT2D eigenvalue weighted by molar-refractivity contribution is -0.196. The molecule has 0 aliphatic carbocycles. The first-order valence-electron chi connectivity index (χ1n) is 12.7. The van der Waals surface area contributed by atoms with E-state index in [-0.39, 0.29) is 40.0 Å². The third kappa shape index (κ3) is 4.99. The van der Waals surface area contributed by atoms with Crippen molar-refractivity contribution in [1.82, 2.24) is 29.5 Å². The van der Waals surface area contributed by atoms with Crippen LogP contribution in [0.15, 0.2) is 30.7 Å². The Bertz CT molecular complexity index is 1810. The maximum Gasteiger partial charge on any atom is 0.435 e. The van der Waals surface area contributed by atoms with Gasteiger partial charge in [0.25, 0.3) is 0 Å². The highest BCUT2D eigenvalue weighted by atomic mass is 35.5. The summed E-state index contributed by atoms with van der Waals surface area (Å²) in [5.74, 6) is -3.04. The largest absolute Gasteiger partial charge is 0.435 e. The molecule has 11 nitrogen and oxygen atoms in total. The summed E-state index contributed by atoms with van der Waals surface area (Å²) >= 11 is 11.7. The van der Waals surface area contributed by atoms with Crippen molar-refractivity contribution in [3.63, 3.8) is 0 Å². The summed E-state index contributed by atoms with van der Waals surface area (Å²) in [4.78, 5) is 7.65. The number of ether oxygens (including phenoxy) is 2. The van der Waals surface area contributed by atoms with E-state index in [0.717, 1.165) is 29.2 Å². The molecule has 0 bridgehead atoms. The number of pyridine rings is 1. The minimum atomic E-state index is -4.92. The first-order chi connectivity index (χ1) is 20.8. The molecule has 6 rings (SSSR count). The normalized spacial score (nSPS) is 25.2. The van der Waals surface area contributed by atoms with Gasteiger partial charge >= 0.3 is 6.18 Å². The van der Waals surface area contributed by atoms with Crippen molar-refractivity contribution in [2.24, 2.45) is 0 Å². The molecule has 0 amide bonds. The van der Waals surface area contributed by atoms with Gasteiger partial charge in [-0.15, -0.1) is 0 Å². The summed E-state index contributed by atoms with van der Waals surface area (Å²) in [6.07, 6.45) is -8.26. The Hall–Kier alpha value is -3.72. The summed E-state index contributed by atoms with van der Waals surface area (Å²) in [5.41, 5.74) is -2.60. The smallest absolute Gasteiger partial charge is 0.388 e. The van der Waals surface area contributed by atoms with Gasteiger partial charge in [0.1, 0.15) is 48.5 Å². The van der Waals surface area contributed by atoms with E-state index in [1.165, 1.54) is 17.8 Å². The average Bonchev–Trinajstić information content (AvgIpc) is 3.70. The Morgan fingerprint density at radius 1 is 1.11 bits per heavy atom. The Morgan fingerprint density at radius 3 is 2.57 bits per heavy atom. The van der Waals surface area contributed by atoms with Gasteiger partial charge in [-0.2, -0.15) is 28.6 Å². The van der Waals surface area contributed by atoms with Crippen LogP contribution in [0.4, 0.5) is 22.0 Å². The zero-order valence-corrected chi connectivity index (χ0v) is 23.6. The molecule has 2 fully saturated rings. The van der Waals surface area contributed by atoms with E-state index in [1.54, 1.807) is 6.07 Å². The minimum absolute atomic E-state index is 0.00117. The fraction of sp³-hybridized carbons (Fsp3) is 0.346. The van der Waals surface area contributed by atoms with Crippen LogP contribution in [-0.4, -0.2) is 70.8 Å². The lowest BCUT2D eigenvalue weighted by Gasteiger charge is -2.41. The number of alkyl halides is 3. The van der Waals surface area contributed by atoms with E-state index in [2.05, 4.69) is 20.2 Å². The number of aliphatic hydroxyl groups is 2. The lowest BCUT2D eigenvalue weighted by Crippen LogP contribution is -2.52. The molecule has 2 N–H and O–H groups in total. The molecular weight excluding hydrogens is 640 g/mol. The van der Waals surface area contributed by atoms with Gasteiger partial charge in [0, 0.05) is 23.5 Å². The van der Waals surface area contributed by atoms with Crippen LogP contribution in [0.2, 0.25) is 10.0 Å². The zero-order valence-electron chi connectivity index (χ0n) is 22.0. The number of nitriles is 1. The van der Waals surface area contributed by atoms with Crippen LogP contribution in [-0.2, 0) is 15.7 Å². The maximum absolute atomic E-state index is 14.8. The molecule has 44 heavy (non-hydrogen) atoms. The second-order valence-corrected chi connectivity index (χ2v) is 10.9. The van der Waals surface area contributed by atoms with Crippen molar-refractivity contribution in [3.05, 3.63) is 75.3 Å². The van der Waals surface area contributed by atoms with Gasteiger partial charge in [-0.1, -0.05) is 23.2 Å². The molecule has 3 aromatic heterocycles. The third-order valence-electron chi connectivity index (χ3n) is 7.27. The molecule has 0 saturated carbocycles. The summed E-state index contributed by atoms with van der Waals surface area (Å²) in [7, 11) is 0. The zero-order chi connectivity index (χ0) is 31.7. The van der Waals surface area contributed by atoms with Crippen molar-refractivity contribution in [2.75, 3.05) is 6.61 Å². The van der Waals surface area contributed by atoms with E-state index >= 15 is 0 Å². The summed E-state index contributed by atoms with van der Waals surface area (Å²) in [5, 5.41) is 39.0. The van der Waals surface area contributed by atoms with Crippen molar-refractivity contribution in [2.45, 2.75) is 49.7 Å². The van der Waals surface area contributed by atoms with Crippen LogP contribution in [0.5, 0.6) is 0 Å². The maximum atomic E-state index is 14.8. The summed E-state index contributed by atoms with van der Waals surface area (Å²) in [6, 6.07) is 2.50. The number of hydrogen-bond acceptors (Lipinski definition) is 9. The van der Waals surface area contributed by atoms with Crippen LogP contribution in [0.3, 0.4) is 0 Å². The van der Waals surface area contributed by atoms with Crippen molar-refractivity contribution in [1.29, 1.82) is 5.26 Å². The predicted molar refractivity (Wildman–Crippen MR) is 140 cm³/mol. The van der Waals surface area contributed by atoms with Crippen LogP contribution in [0, 0.1) is 29.9 Å². The number of fused-ring (bicyclic) bond motifs is 1. The third-order valence-corrected chi connectivity index (χ3v) is 7.85. The van der Waals surface area contributed by atoms with E-state index < -0.39 is 70.8 Å². The first-order valence-corrected chi connectivity index (χ1v) is 13.5. The van der Waals surface area contributed by atoms with E-state index in [0.29, 0.717) is 0 Å². The molecule has 5 heterocycles. The Labute approximate surface area is 254 Å². The highest BCUT2D eigenvalue weighted by Gasteiger charge is 2.55.